The highest BCUT2D eigenvalue weighted by Gasteiger charge is 2.16. The van der Waals surface area contributed by atoms with Crippen LogP contribution < -0.4 is 5.32 Å². The lowest BCUT2D eigenvalue weighted by Crippen LogP contribution is -2.23. The largest absolute Gasteiger partial charge is 0.361 e. The molecule has 102 valence electrons. The number of aromatic nitrogens is 4. The van der Waals surface area contributed by atoms with Gasteiger partial charge in [-0.05, 0) is 49.6 Å². The molecule has 4 rings (SSSR count). The number of benzene rings is 1. The van der Waals surface area contributed by atoms with Gasteiger partial charge in [-0.25, -0.2) is 0 Å². The minimum absolute atomic E-state index is 0.618. The van der Waals surface area contributed by atoms with Crippen LogP contribution in [0.5, 0.6) is 0 Å². The van der Waals surface area contributed by atoms with Crippen LogP contribution in [-0.2, 0) is 6.42 Å². The Morgan fingerprint density at radius 1 is 1.25 bits per heavy atom. The molecule has 1 fully saturated rings. The zero-order chi connectivity index (χ0) is 13.4. The summed E-state index contributed by atoms with van der Waals surface area (Å²) in [7, 11) is 0. The Hall–Kier alpha value is -2.14. The number of hydrogen-bond donors (Lipinski definition) is 2. The quantitative estimate of drug-likeness (QED) is 0.763. The number of nitrogens with one attached hydrogen (secondary N) is 2. The number of nitrogens with zero attached hydrogens (tertiary/aromatic N) is 3. The van der Waals surface area contributed by atoms with Crippen LogP contribution >= 0.6 is 0 Å². The molecule has 0 saturated carbocycles. The summed E-state index contributed by atoms with van der Waals surface area (Å²) in [6.07, 6.45) is 9.25. The molecule has 0 amide bonds. The smallest absolute Gasteiger partial charge is 0.123 e. The van der Waals surface area contributed by atoms with Gasteiger partial charge < -0.3 is 10.3 Å². The predicted molar refractivity (Wildman–Crippen MR) is 77.9 cm³/mol. The van der Waals surface area contributed by atoms with E-state index in [0.717, 1.165) is 18.7 Å². The SMILES string of the molecule is c1cc2[nH]cc(C[C@H]3CCCN3)c2cc1-n1cnnc1. The van der Waals surface area contributed by atoms with E-state index in [-0.39, 0.29) is 0 Å². The third-order valence-electron chi connectivity index (χ3n) is 4.10. The van der Waals surface area contributed by atoms with Gasteiger partial charge in [-0.1, -0.05) is 0 Å². The number of fused-ring (bicyclic) bond motifs is 1. The molecule has 0 spiro atoms. The standard InChI is InChI=1S/C15H17N5/c1-2-12(16-5-1)6-11-8-17-15-4-3-13(7-14(11)15)20-9-18-19-10-20/h3-4,7-10,12,16-17H,1-2,5-6H2/t12-/m1/s1. The maximum atomic E-state index is 3.87. The molecule has 2 aromatic heterocycles. The van der Waals surface area contributed by atoms with Crippen molar-refractivity contribution in [3.63, 3.8) is 0 Å². The highest BCUT2D eigenvalue weighted by molar-refractivity contribution is 5.85. The molecular formula is C15H17N5. The van der Waals surface area contributed by atoms with E-state index in [1.165, 1.54) is 29.3 Å². The van der Waals surface area contributed by atoms with Crippen LogP contribution in [0.1, 0.15) is 18.4 Å². The van der Waals surface area contributed by atoms with Gasteiger partial charge in [-0.3, -0.25) is 4.57 Å². The van der Waals surface area contributed by atoms with Crippen molar-refractivity contribution in [3.8, 4) is 5.69 Å². The average Bonchev–Trinajstić information content (AvgIpc) is 3.20. The Bertz CT molecular complexity index is 707. The lowest BCUT2D eigenvalue weighted by molar-refractivity contribution is 0.605. The Balaban J connectivity index is 1.72. The van der Waals surface area contributed by atoms with Crippen LogP contribution in [0.15, 0.2) is 37.1 Å². The zero-order valence-corrected chi connectivity index (χ0v) is 11.2. The van der Waals surface area contributed by atoms with Crippen LogP contribution in [-0.4, -0.2) is 32.3 Å². The predicted octanol–water partition coefficient (Wildman–Crippen LogP) is 2.04. The van der Waals surface area contributed by atoms with Crippen LogP contribution in [0, 0.1) is 0 Å². The lowest BCUT2D eigenvalue weighted by atomic mass is 10.0. The van der Waals surface area contributed by atoms with E-state index in [4.69, 9.17) is 0 Å². The van der Waals surface area contributed by atoms with Crippen molar-refractivity contribution in [3.05, 3.63) is 42.6 Å². The van der Waals surface area contributed by atoms with E-state index in [1.54, 1.807) is 12.7 Å². The van der Waals surface area contributed by atoms with E-state index in [0.29, 0.717) is 6.04 Å². The molecule has 20 heavy (non-hydrogen) atoms. The van der Waals surface area contributed by atoms with Gasteiger partial charge in [0.15, 0.2) is 0 Å². The molecule has 1 atom stereocenters. The molecule has 1 aliphatic heterocycles. The van der Waals surface area contributed by atoms with Crippen LogP contribution in [0.4, 0.5) is 0 Å². The Kier molecular flexibility index (Phi) is 2.77. The second-order valence-electron chi connectivity index (χ2n) is 5.41. The van der Waals surface area contributed by atoms with Crippen LogP contribution in [0.3, 0.4) is 0 Å². The number of H-pyrrole nitrogens is 1. The molecule has 1 saturated heterocycles. The third-order valence-corrected chi connectivity index (χ3v) is 4.10. The highest BCUT2D eigenvalue weighted by Crippen LogP contribution is 2.24. The van der Waals surface area contributed by atoms with Gasteiger partial charge in [-0.2, -0.15) is 0 Å². The molecule has 2 N–H and O–H groups in total. The van der Waals surface area contributed by atoms with Gasteiger partial charge >= 0.3 is 0 Å². The summed E-state index contributed by atoms with van der Waals surface area (Å²) in [6.45, 7) is 1.15. The first kappa shape index (κ1) is 11.7. The summed E-state index contributed by atoms with van der Waals surface area (Å²) in [5.74, 6) is 0. The van der Waals surface area contributed by atoms with E-state index in [1.807, 2.05) is 4.57 Å². The fourth-order valence-corrected chi connectivity index (χ4v) is 3.03. The molecule has 3 aromatic rings. The van der Waals surface area contributed by atoms with Crippen molar-refractivity contribution in [1.82, 2.24) is 25.1 Å². The molecule has 1 aliphatic rings. The van der Waals surface area contributed by atoms with E-state index in [9.17, 15) is 0 Å². The van der Waals surface area contributed by atoms with Gasteiger partial charge in [0.25, 0.3) is 0 Å². The topological polar surface area (TPSA) is 58.5 Å². The van der Waals surface area contributed by atoms with Gasteiger partial charge in [0.2, 0.25) is 0 Å². The maximum absolute atomic E-state index is 3.87. The fraction of sp³-hybridized carbons (Fsp3) is 0.333. The first-order chi connectivity index (χ1) is 9.90. The van der Waals surface area contributed by atoms with E-state index < -0.39 is 0 Å². The maximum Gasteiger partial charge on any atom is 0.123 e. The van der Waals surface area contributed by atoms with Gasteiger partial charge in [0.1, 0.15) is 12.7 Å². The van der Waals surface area contributed by atoms with Crippen molar-refractivity contribution in [2.45, 2.75) is 25.3 Å². The van der Waals surface area contributed by atoms with Gasteiger partial charge in [0.05, 0.1) is 0 Å². The molecule has 0 radical (unpaired) electrons. The Morgan fingerprint density at radius 2 is 2.15 bits per heavy atom. The summed E-state index contributed by atoms with van der Waals surface area (Å²) in [6, 6.07) is 7.03. The van der Waals surface area contributed by atoms with Crippen molar-refractivity contribution in [1.29, 1.82) is 0 Å². The molecule has 0 bridgehead atoms. The first-order valence-corrected chi connectivity index (χ1v) is 7.08. The molecule has 0 aliphatic carbocycles. The zero-order valence-electron chi connectivity index (χ0n) is 11.2. The molecule has 5 heteroatoms. The summed E-state index contributed by atoms with van der Waals surface area (Å²) in [5.41, 5.74) is 3.67. The first-order valence-electron chi connectivity index (χ1n) is 7.08. The van der Waals surface area contributed by atoms with E-state index >= 15 is 0 Å². The number of hydrogen-bond acceptors (Lipinski definition) is 3. The number of rotatable bonds is 3. The molecule has 3 heterocycles. The monoisotopic (exact) mass is 267 g/mol. The fourth-order valence-electron chi connectivity index (χ4n) is 3.03. The molecular weight excluding hydrogens is 250 g/mol. The van der Waals surface area contributed by atoms with Gasteiger partial charge in [-0.15, -0.1) is 10.2 Å². The normalized spacial score (nSPS) is 18.9. The van der Waals surface area contributed by atoms with Crippen LogP contribution in [0.25, 0.3) is 16.6 Å². The average molecular weight is 267 g/mol. The van der Waals surface area contributed by atoms with Crippen molar-refractivity contribution in [2.75, 3.05) is 6.54 Å². The summed E-state index contributed by atoms with van der Waals surface area (Å²) < 4.78 is 1.93. The highest BCUT2D eigenvalue weighted by atomic mass is 15.2. The van der Waals surface area contributed by atoms with Crippen molar-refractivity contribution in [2.24, 2.45) is 0 Å². The lowest BCUT2D eigenvalue weighted by Gasteiger charge is -2.09. The van der Waals surface area contributed by atoms with Crippen molar-refractivity contribution < 1.29 is 0 Å². The Labute approximate surface area is 117 Å². The molecule has 5 nitrogen and oxygen atoms in total. The number of aromatic amines is 1. The summed E-state index contributed by atoms with van der Waals surface area (Å²) in [5, 5.41) is 12.6. The third kappa shape index (κ3) is 2.00. The second kappa shape index (κ2) is 4.76. The van der Waals surface area contributed by atoms with Gasteiger partial charge in [0, 0.05) is 28.8 Å². The Morgan fingerprint density at radius 3 is 2.95 bits per heavy atom. The van der Waals surface area contributed by atoms with Crippen LogP contribution in [0.2, 0.25) is 0 Å². The minimum Gasteiger partial charge on any atom is -0.361 e. The second-order valence-corrected chi connectivity index (χ2v) is 5.41. The summed E-state index contributed by atoms with van der Waals surface area (Å²) in [4.78, 5) is 3.37. The van der Waals surface area contributed by atoms with Crippen molar-refractivity contribution >= 4 is 10.9 Å². The molecule has 0 unspecified atom stereocenters. The van der Waals surface area contributed by atoms with E-state index in [2.05, 4.69) is 44.9 Å². The minimum atomic E-state index is 0.618. The molecule has 1 aromatic carbocycles. The summed E-state index contributed by atoms with van der Waals surface area (Å²) >= 11 is 0.